The van der Waals surface area contributed by atoms with Crippen molar-refractivity contribution in [1.29, 1.82) is 0 Å². The third-order valence-electron chi connectivity index (χ3n) is 7.02. The maximum Gasteiger partial charge on any atom is 0.342 e. The van der Waals surface area contributed by atoms with Crippen LogP contribution in [0.15, 0.2) is 36.4 Å². The van der Waals surface area contributed by atoms with Gasteiger partial charge in [0.05, 0.1) is 19.0 Å². The molecule has 2 atom stereocenters. The van der Waals surface area contributed by atoms with E-state index in [9.17, 15) is 33.0 Å². The fraction of sp³-hybridized carbons (Fsp3) is 0.433. The highest BCUT2D eigenvalue weighted by Gasteiger charge is 2.31. The molecule has 0 saturated carbocycles. The first-order chi connectivity index (χ1) is 19.9. The Morgan fingerprint density at radius 2 is 1.86 bits per heavy atom. The SMILES string of the molecule is COc1ccc(C(CC(=O)NCCS(N)(=O)=O)c2c(O)cc3c(c2O)C(=O)OC(C)CCCC(=O)CCCC=C3)cc1. The van der Waals surface area contributed by atoms with Crippen LogP contribution in [0.3, 0.4) is 0 Å². The van der Waals surface area contributed by atoms with Crippen molar-refractivity contribution in [3.05, 3.63) is 58.7 Å². The summed E-state index contributed by atoms with van der Waals surface area (Å²) in [6.07, 6.45) is 5.53. The van der Waals surface area contributed by atoms with Gasteiger partial charge in [-0.3, -0.25) is 9.59 Å². The molecule has 12 heteroatoms. The smallest absolute Gasteiger partial charge is 0.342 e. The summed E-state index contributed by atoms with van der Waals surface area (Å²) in [5.74, 6) is -2.98. The molecule has 0 aliphatic carbocycles. The molecule has 2 aromatic carbocycles. The van der Waals surface area contributed by atoms with Crippen molar-refractivity contribution in [2.45, 2.75) is 63.9 Å². The Bertz CT molecular complexity index is 1420. The van der Waals surface area contributed by atoms with Crippen LogP contribution in [0.2, 0.25) is 0 Å². The molecule has 2 aromatic rings. The number of aromatic hydroxyl groups is 2. The summed E-state index contributed by atoms with van der Waals surface area (Å²) in [4.78, 5) is 38.4. The van der Waals surface area contributed by atoms with E-state index in [1.807, 2.05) is 0 Å². The summed E-state index contributed by atoms with van der Waals surface area (Å²) in [5, 5.41) is 30.2. The second-order valence-electron chi connectivity index (χ2n) is 10.3. The number of sulfonamides is 1. The van der Waals surface area contributed by atoms with Crippen molar-refractivity contribution in [1.82, 2.24) is 5.32 Å². The fourth-order valence-electron chi connectivity index (χ4n) is 4.83. The van der Waals surface area contributed by atoms with Crippen LogP contribution in [0.4, 0.5) is 0 Å². The molecule has 0 radical (unpaired) electrons. The number of carbonyl (C=O) groups is 3. The number of ether oxygens (including phenoxy) is 2. The normalized spacial score (nSPS) is 17.5. The molecule has 11 nitrogen and oxygen atoms in total. The van der Waals surface area contributed by atoms with Gasteiger partial charge in [-0.05, 0) is 61.9 Å². The number of nitrogens with two attached hydrogens (primary N) is 1. The Morgan fingerprint density at radius 3 is 2.52 bits per heavy atom. The molecule has 228 valence electrons. The lowest BCUT2D eigenvalue weighted by molar-refractivity contribution is -0.121. The van der Waals surface area contributed by atoms with E-state index in [1.165, 1.54) is 13.2 Å². The van der Waals surface area contributed by atoms with E-state index in [4.69, 9.17) is 14.6 Å². The third kappa shape index (κ3) is 9.31. The van der Waals surface area contributed by atoms with Gasteiger partial charge in [-0.15, -0.1) is 0 Å². The Labute approximate surface area is 245 Å². The molecular formula is C30H38N2O9S. The van der Waals surface area contributed by atoms with Crippen LogP contribution in [-0.2, 0) is 24.3 Å². The number of primary sulfonamides is 1. The lowest BCUT2D eigenvalue weighted by atomic mass is 9.84. The molecule has 0 spiro atoms. The predicted octanol–water partition coefficient (Wildman–Crippen LogP) is 3.51. The lowest BCUT2D eigenvalue weighted by Crippen LogP contribution is -2.32. The quantitative estimate of drug-likeness (QED) is 0.329. The summed E-state index contributed by atoms with van der Waals surface area (Å²) >= 11 is 0. The molecular weight excluding hydrogens is 564 g/mol. The number of phenols is 2. The number of carbonyl (C=O) groups excluding carboxylic acids is 3. The number of ketones is 1. The number of amides is 1. The van der Waals surface area contributed by atoms with Crippen LogP contribution in [0, 0.1) is 0 Å². The van der Waals surface area contributed by atoms with Crippen molar-refractivity contribution in [2.75, 3.05) is 19.4 Å². The van der Waals surface area contributed by atoms with Gasteiger partial charge >= 0.3 is 5.97 Å². The topological polar surface area (TPSA) is 182 Å². The van der Waals surface area contributed by atoms with Crippen molar-refractivity contribution in [3.8, 4) is 17.2 Å². The second-order valence-corrected chi connectivity index (χ2v) is 12.0. The van der Waals surface area contributed by atoms with Gasteiger partial charge in [0.2, 0.25) is 15.9 Å². The number of hydrogen-bond acceptors (Lipinski definition) is 9. The number of Topliss-reactive ketones (excluding diaryl/α,β-unsaturated/α-hetero) is 1. The predicted molar refractivity (Wildman–Crippen MR) is 157 cm³/mol. The average Bonchev–Trinajstić information content (AvgIpc) is 2.91. The molecule has 0 fully saturated rings. The van der Waals surface area contributed by atoms with Crippen molar-refractivity contribution in [2.24, 2.45) is 5.14 Å². The van der Waals surface area contributed by atoms with Gasteiger partial charge in [0.25, 0.3) is 0 Å². The number of nitrogens with one attached hydrogen (secondary N) is 1. The maximum atomic E-state index is 13.4. The van der Waals surface area contributed by atoms with E-state index in [0.717, 1.165) is 0 Å². The Balaban J connectivity index is 2.08. The molecule has 0 bridgehead atoms. The van der Waals surface area contributed by atoms with Crippen LogP contribution in [-0.4, -0.2) is 61.8 Å². The first kappa shape index (κ1) is 32.6. The van der Waals surface area contributed by atoms with E-state index in [0.29, 0.717) is 49.8 Å². The molecule has 1 aliphatic heterocycles. The standard InChI is InChI=1S/C30H38N2O9S/c1-19-7-6-10-22(33)9-5-3-4-8-21-17-25(34)28(29(36)27(21)30(37)41-19)24(20-11-13-23(40-2)14-12-20)18-26(35)32-15-16-42(31,38)39/h4,8,11-14,17,19,24,34,36H,3,5-7,9-10,15-16,18H2,1-2H3,(H,32,35)(H2,31,38,39). The van der Waals surface area contributed by atoms with Gasteiger partial charge < -0.3 is 25.0 Å². The monoisotopic (exact) mass is 602 g/mol. The molecule has 1 amide bonds. The minimum absolute atomic E-state index is 0.0646. The van der Waals surface area contributed by atoms with Crippen LogP contribution in [0.5, 0.6) is 17.2 Å². The largest absolute Gasteiger partial charge is 0.507 e. The minimum atomic E-state index is -3.80. The third-order valence-corrected chi connectivity index (χ3v) is 7.79. The van der Waals surface area contributed by atoms with Gasteiger partial charge in [-0.25, -0.2) is 18.4 Å². The van der Waals surface area contributed by atoms with Crippen LogP contribution in [0.25, 0.3) is 6.08 Å². The second kappa shape index (κ2) is 14.8. The molecule has 42 heavy (non-hydrogen) atoms. The van der Waals surface area contributed by atoms with Crippen LogP contribution < -0.4 is 15.2 Å². The zero-order chi connectivity index (χ0) is 30.9. The van der Waals surface area contributed by atoms with Crippen LogP contribution >= 0.6 is 0 Å². The Hall–Kier alpha value is -3.90. The number of cyclic esters (lactones) is 1. The molecule has 1 aliphatic rings. The summed E-state index contributed by atoms with van der Waals surface area (Å²) in [6, 6.07) is 7.96. The highest BCUT2D eigenvalue weighted by Crippen LogP contribution is 2.44. The van der Waals surface area contributed by atoms with Gasteiger partial charge in [0.15, 0.2) is 0 Å². The summed E-state index contributed by atoms with van der Waals surface area (Å²) in [5.41, 5.74) is 0.517. The van der Waals surface area contributed by atoms with Gasteiger partial charge in [-0.1, -0.05) is 24.3 Å². The molecule has 0 aromatic heterocycles. The van der Waals surface area contributed by atoms with Gasteiger partial charge in [-0.2, -0.15) is 0 Å². The zero-order valence-corrected chi connectivity index (χ0v) is 24.6. The fourth-order valence-corrected chi connectivity index (χ4v) is 5.22. The number of methoxy groups -OCH3 is 1. The van der Waals surface area contributed by atoms with E-state index >= 15 is 0 Å². The first-order valence-electron chi connectivity index (χ1n) is 13.8. The number of hydrogen-bond donors (Lipinski definition) is 4. The summed E-state index contributed by atoms with van der Waals surface area (Å²) in [7, 11) is -2.31. The number of allylic oxidation sites excluding steroid dienone is 1. The van der Waals surface area contributed by atoms with Crippen LogP contribution in [0.1, 0.15) is 84.8 Å². The van der Waals surface area contributed by atoms with Crippen molar-refractivity contribution >= 4 is 33.8 Å². The Kier molecular flexibility index (Phi) is 11.5. The van der Waals surface area contributed by atoms with E-state index < -0.39 is 45.4 Å². The lowest BCUT2D eigenvalue weighted by Gasteiger charge is -2.23. The number of benzene rings is 2. The van der Waals surface area contributed by atoms with Crippen molar-refractivity contribution in [3.63, 3.8) is 0 Å². The minimum Gasteiger partial charge on any atom is -0.507 e. The van der Waals surface area contributed by atoms with Gasteiger partial charge in [0, 0.05) is 37.3 Å². The average molecular weight is 603 g/mol. The number of rotatable bonds is 8. The zero-order valence-electron chi connectivity index (χ0n) is 23.8. The molecule has 0 saturated heterocycles. The Morgan fingerprint density at radius 1 is 1.17 bits per heavy atom. The number of esters is 1. The van der Waals surface area contributed by atoms with Crippen molar-refractivity contribution < 1.29 is 42.5 Å². The van der Waals surface area contributed by atoms with Gasteiger partial charge in [0.1, 0.15) is 28.6 Å². The summed E-state index contributed by atoms with van der Waals surface area (Å²) < 4.78 is 33.4. The first-order valence-corrected chi connectivity index (χ1v) is 15.5. The van der Waals surface area contributed by atoms with E-state index in [-0.39, 0.29) is 41.2 Å². The highest BCUT2D eigenvalue weighted by atomic mass is 32.2. The van der Waals surface area contributed by atoms with E-state index in [2.05, 4.69) is 5.32 Å². The molecule has 2 unspecified atom stereocenters. The van der Waals surface area contributed by atoms with E-state index in [1.54, 1.807) is 43.3 Å². The number of fused-ring (bicyclic) bond motifs is 1. The molecule has 1 heterocycles. The highest BCUT2D eigenvalue weighted by molar-refractivity contribution is 7.89. The molecule has 3 rings (SSSR count). The maximum absolute atomic E-state index is 13.4. The molecule has 5 N–H and O–H groups in total. The summed E-state index contributed by atoms with van der Waals surface area (Å²) in [6.45, 7) is 1.48. The number of phenolic OH excluding ortho intramolecular Hbond substituents is 2.